The van der Waals surface area contributed by atoms with Gasteiger partial charge in [0, 0.05) is 23.8 Å². The molecule has 0 radical (unpaired) electrons. The maximum absolute atomic E-state index is 12.7. The third-order valence-corrected chi connectivity index (χ3v) is 5.24. The Morgan fingerprint density at radius 2 is 2.04 bits per heavy atom. The number of carbonyl (C=O) groups excluding carboxylic acids is 1. The molecule has 0 aliphatic carbocycles. The van der Waals surface area contributed by atoms with Gasteiger partial charge < -0.3 is 5.32 Å². The van der Waals surface area contributed by atoms with Crippen LogP contribution < -0.4 is 5.32 Å². The van der Waals surface area contributed by atoms with E-state index < -0.39 is 0 Å². The predicted molar refractivity (Wildman–Crippen MR) is 104 cm³/mol. The molecule has 1 fully saturated rings. The summed E-state index contributed by atoms with van der Waals surface area (Å²) in [5, 5.41) is 3.91. The average molecular weight is 357 g/mol. The van der Waals surface area contributed by atoms with Gasteiger partial charge in [-0.05, 0) is 56.5 Å². The number of benzene rings is 2. The first-order valence-electron chi connectivity index (χ1n) is 8.87. The number of piperidine rings is 1. The van der Waals surface area contributed by atoms with Crippen LogP contribution in [0.4, 0.5) is 5.69 Å². The minimum Gasteiger partial charge on any atom is -0.326 e. The van der Waals surface area contributed by atoms with Crippen molar-refractivity contribution in [1.29, 1.82) is 0 Å². The summed E-state index contributed by atoms with van der Waals surface area (Å²) in [5.41, 5.74) is 4.36. The number of nitrogens with zero attached hydrogens (tertiary/aromatic N) is 1. The van der Waals surface area contributed by atoms with Crippen LogP contribution in [0.3, 0.4) is 0 Å². The number of amides is 1. The van der Waals surface area contributed by atoms with Crippen molar-refractivity contribution in [2.75, 3.05) is 18.4 Å². The molecule has 1 unspecified atom stereocenters. The van der Waals surface area contributed by atoms with Crippen molar-refractivity contribution >= 4 is 23.2 Å². The van der Waals surface area contributed by atoms with Crippen molar-refractivity contribution in [2.24, 2.45) is 5.92 Å². The van der Waals surface area contributed by atoms with Gasteiger partial charge in [-0.25, -0.2) is 0 Å². The van der Waals surface area contributed by atoms with Crippen LogP contribution in [-0.2, 0) is 11.3 Å². The van der Waals surface area contributed by atoms with Crippen molar-refractivity contribution in [1.82, 2.24) is 4.90 Å². The van der Waals surface area contributed by atoms with Gasteiger partial charge in [0.1, 0.15) is 0 Å². The molecule has 1 atom stereocenters. The molecule has 0 bridgehead atoms. The van der Waals surface area contributed by atoms with E-state index in [4.69, 9.17) is 11.6 Å². The Hall–Kier alpha value is -1.84. The molecule has 25 heavy (non-hydrogen) atoms. The van der Waals surface area contributed by atoms with E-state index in [9.17, 15) is 4.79 Å². The number of rotatable bonds is 4. The van der Waals surface area contributed by atoms with E-state index in [-0.39, 0.29) is 11.8 Å². The monoisotopic (exact) mass is 356 g/mol. The molecule has 3 rings (SSSR count). The van der Waals surface area contributed by atoms with Crippen LogP contribution in [-0.4, -0.2) is 23.9 Å². The summed E-state index contributed by atoms with van der Waals surface area (Å²) in [5.74, 6) is 0.146. The number of nitrogens with one attached hydrogen (secondary N) is 1. The zero-order chi connectivity index (χ0) is 17.8. The molecule has 0 saturated carbocycles. The molecular weight excluding hydrogens is 332 g/mol. The van der Waals surface area contributed by atoms with Gasteiger partial charge >= 0.3 is 0 Å². The molecule has 1 aliphatic rings. The third-order valence-electron chi connectivity index (χ3n) is 4.87. The average Bonchev–Trinajstić information content (AvgIpc) is 2.60. The molecule has 1 heterocycles. The van der Waals surface area contributed by atoms with E-state index in [0.29, 0.717) is 0 Å². The number of hydrogen-bond donors (Lipinski definition) is 1. The van der Waals surface area contributed by atoms with E-state index >= 15 is 0 Å². The molecule has 1 saturated heterocycles. The van der Waals surface area contributed by atoms with Crippen LogP contribution >= 0.6 is 11.6 Å². The Bertz CT molecular complexity index is 759. The van der Waals surface area contributed by atoms with Crippen molar-refractivity contribution in [3.63, 3.8) is 0 Å². The third kappa shape index (κ3) is 4.62. The number of hydrogen-bond acceptors (Lipinski definition) is 2. The minimum atomic E-state index is 0.0249. The lowest BCUT2D eigenvalue weighted by molar-refractivity contribution is -0.121. The van der Waals surface area contributed by atoms with Gasteiger partial charge in [-0.1, -0.05) is 47.5 Å². The molecule has 1 aliphatic heterocycles. The number of anilines is 1. The first-order valence-corrected chi connectivity index (χ1v) is 9.24. The van der Waals surface area contributed by atoms with Crippen molar-refractivity contribution in [2.45, 2.75) is 33.2 Å². The smallest absolute Gasteiger partial charge is 0.228 e. The Balaban J connectivity index is 1.62. The summed E-state index contributed by atoms with van der Waals surface area (Å²) in [6.45, 7) is 6.69. The Kier molecular flexibility index (Phi) is 5.77. The summed E-state index contributed by atoms with van der Waals surface area (Å²) in [7, 11) is 0. The highest BCUT2D eigenvalue weighted by atomic mass is 35.5. The summed E-state index contributed by atoms with van der Waals surface area (Å²) < 4.78 is 0. The maximum Gasteiger partial charge on any atom is 0.228 e. The molecule has 3 nitrogen and oxygen atoms in total. The molecular formula is C21H25ClN2O. The van der Waals surface area contributed by atoms with Crippen LogP contribution in [0.1, 0.15) is 29.5 Å². The normalized spacial score (nSPS) is 18.1. The van der Waals surface area contributed by atoms with Crippen LogP contribution in [0.2, 0.25) is 5.02 Å². The number of halogens is 1. The topological polar surface area (TPSA) is 32.3 Å². The highest BCUT2D eigenvalue weighted by Crippen LogP contribution is 2.24. The lowest BCUT2D eigenvalue weighted by Gasteiger charge is -2.32. The molecule has 2 aromatic carbocycles. The van der Waals surface area contributed by atoms with E-state index in [1.54, 1.807) is 0 Å². The van der Waals surface area contributed by atoms with Crippen molar-refractivity contribution < 1.29 is 4.79 Å². The highest BCUT2D eigenvalue weighted by Gasteiger charge is 2.26. The molecule has 132 valence electrons. The highest BCUT2D eigenvalue weighted by molar-refractivity contribution is 6.31. The fourth-order valence-corrected chi connectivity index (χ4v) is 3.66. The Labute approximate surface area is 155 Å². The number of carbonyl (C=O) groups is 1. The van der Waals surface area contributed by atoms with E-state index in [2.05, 4.69) is 29.3 Å². The fourth-order valence-electron chi connectivity index (χ4n) is 3.47. The van der Waals surface area contributed by atoms with Gasteiger partial charge in [-0.2, -0.15) is 0 Å². The van der Waals surface area contributed by atoms with Gasteiger partial charge in [0.2, 0.25) is 5.91 Å². The Morgan fingerprint density at radius 1 is 1.24 bits per heavy atom. The number of aryl methyl sites for hydroxylation is 2. The fraction of sp³-hybridized carbons (Fsp3) is 0.381. The van der Waals surface area contributed by atoms with Gasteiger partial charge in [-0.3, -0.25) is 9.69 Å². The largest absolute Gasteiger partial charge is 0.326 e. The maximum atomic E-state index is 12.7. The first kappa shape index (κ1) is 18.0. The molecule has 0 aromatic heterocycles. The summed E-state index contributed by atoms with van der Waals surface area (Å²) in [4.78, 5) is 15.0. The molecule has 1 amide bonds. The lowest BCUT2D eigenvalue weighted by Crippen LogP contribution is -2.40. The van der Waals surface area contributed by atoms with Crippen molar-refractivity contribution in [3.8, 4) is 0 Å². The first-order chi connectivity index (χ1) is 12.0. The predicted octanol–water partition coefficient (Wildman–Crippen LogP) is 4.81. The summed E-state index contributed by atoms with van der Waals surface area (Å²) in [6.07, 6.45) is 1.98. The van der Waals surface area contributed by atoms with E-state index in [0.717, 1.165) is 54.3 Å². The molecule has 2 aromatic rings. The van der Waals surface area contributed by atoms with Crippen LogP contribution in [0.5, 0.6) is 0 Å². The number of likely N-dealkylation sites (tertiary alicyclic amines) is 1. The van der Waals surface area contributed by atoms with Crippen LogP contribution in [0, 0.1) is 19.8 Å². The summed E-state index contributed by atoms with van der Waals surface area (Å²) in [6, 6.07) is 14.1. The van der Waals surface area contributed by atoms with Gasteiger partial charge in [-0.15, -0.1) is 0 Å². The standard InChI is InChI=1S/C21H25ClN2O/c1-15-9-10-20(16(2)12-15)23-21(25)18-7-5-11-24(14-18)13-17-6-3-4-8-19(17)22/h3-4,6,8-10,12,18H,5,7,11,13-14H2,1-2H3,(H,23,25). The van der Waals surface area contributed by atoms with Crippen LogP contribution in [0.15, 0.2) is 42.5 Å². The second kappa shape index (κ2) is 8.03. The quantitative estimate of drug-likeness (QED) is 0.852. The SMILES string of the molecule is Cc1ccc(NC(=O)C2CCCN(Cc3ccccc3Cl)C2)c(C)c1. The van der Waals surface area contributed by atoms with Crippen molar-refractivity contribution in [3.05, 3.63) is 64.2 Å². The second-order valence-corrected chi connectivity index (χ2v) is 7.38. The van der Waals surface area contributed by atoms with E-state index in [1.165, 1.54) is 5.56 Å². The van der Waals surface area contributed by atoms with E-state index in [1.807, 2.05) is 37.3 Å². The lowest BCUT2D eigenvalue weighted by atomic mass is 9.96. The van der Waals surface area contributed by atoms with Gasteiger partial charge in [0.25, 0.3) is 0 Å². The Morgan fingerprint density at radius 3 is 2.80 bits per heavy atom. The van der Waals surface area contributed by atoms with Crippen LogP contribution in [0.25, 0.3) is 0 Å². The summed E-state index contributed by atoms with van der Waals surface area (Å²) >= 11 is 6.27. The molecule has 0 spiro atoms. The second-order valence-electron chi connectivity index (χ2n) is 6.97. The van der Waals surface area contributed by atoms with Gasteiger partial charge in [0.05, 0.1) is 5.92 Å². The zero-order valence-electron chi connectivity index (χ0n) is 14.9. The minimum absolute atomic E-state index is 0.0249. The molecule has 1 N–H and O–H groups in total. The van der Waals surface area contributed by atoms with Gasteiger partial charge in [0.15, 0.2) is 0 Å². The zero-order valence-corrected chi connectivity index (χ0v) is 15.6. The molecule has 4 heteroatoms.